The number of unbranched alkanes of at least 4 members (excludes halogenated alkanes) is 5. The minimum Gasteiger partial charge on any atom is -0.481 e. The third-order valence-electron chi connectivity index (χ3n) is 2.09. The summed E-state index contributed by atoms with van der Waals surface area (Å²) < 4.78 is 0. The van der Waals surface area contributed by atoms with Crippen LogP contribution in [0.3, 0.4) is 0 Å². The molecule has 0 unspecified atom stereocenters. The second-order valence-corrected chi connectivity index (χ2v) is 3.59. The summed E-state index contributed by atoms with van der Waals surface area (Å²) in [5.41, 5.74) is 0. The molecular weight excluding hydrogens is 212 g/mol. The molecule has 0 atom stereocenters. The van der Waals surface area contributed by atoms with Crippen molar-refractivity contribution in [3.8, 4) is 35.5 Å². The third-order valence-corrected chi connectivity index (χ3v) is 2.09. The van der Waals surface area contributed by atoms with Crippen LogP contribution in [-0.2, 0) is 4.79 Å². The van der Waals surface area contributed by atoms with E-state index in [0.717, 1.165) is 38.5 Å². The molecule has 0 fully saturated rings. The summed E-state index contributed by atoms with van der Waals surface area (Å²) in [6.07, 6.45) is 6.16. The predicted octanol–water partition coefficient (Wildman–Crippen LogP) is 2.83. The van der Waals surface area contributed by atoms with Crippen molar-refractivity contribution in [3.05, 3.63) is 0 Å². The Morgan fingerprint density at radius 1 is 0.941 bits per heavy atom. The van der Waals surface area contributed by atoms with Gasteiger partial charge in [-0.05, 0) is 43.4 Å². The van der Waals surface area contributed by atoms with Crippen LogP contribution in [0.5, 0.6) is 0 Å². The fourth-order valence-corrected chi connectivity index (χ4v) is 1.25. The molecule has 0 saturated heterocycles. The molecule has 90 valence electrons. The maximum absolute atomic E-state index is 10.2. The first-order valence-electron chi connectivity index (χ1n) is 5.88. The van der Waals surface area contributed by atoms with Crippen molar-refractivity contribution in [2.24, 2.45) is 0 Å². The normalized spacial score (nSPS) is 7.82. The second-order valence-electron chi connectivity index (χ2n) is 3.59. The maximum atomic E-state index is 10.2. The Balaban J connectivity index is 3.31. The smallest absolute Gasteiger partial charge is 0.303 e. The highest BCUT2D eigenvalue weighted by Gasteiger charge is 1.95. The van der Waals surface area contributed by atoms with Crippen molar-refractivity contribution in [2.75, 3.05) is 0 Å². The van der Waals surface area contributed by atoms with E-state index in [1.54, 1.807) is 6.92 Å². The zero-order chi connectivity index (χ0) is 12.8. The summed E-state index contributed by atoms with van der Waals surface area (Å²) in [4.78, 5) is 10.2. The molecule has 0 aromatic heterocycles. The van der Waals surface area contributed by atoms with Crippen LogP contribution >= 0.6 is 0 Å². The Kier molecular flexibility index (Phi) is 10.9. The number of carboxylic acids is 1. The lowest BCUT2D eigenvalue weighted by Crippen LogP contribution is -1.93. The molecule has 2 nitrogen and oxygen atoms in total. The van der Waals surface area contributed by atoms with Gasteiger partial charge in [-0.2, -0.15) is 0 Å². The first kappa shape index (κ1) is 15.2. The Hall–Kier alpha value is -1.85. The van der Waals surface area contributed by atoms with E-state index in [1.807, 2.05) is 0 Å². The summed E-state index contributed by atoms with van der Waals surface area (Å²) in [6, 6.07) is 0. The van der Waals surface area contributed by atoms with Crippen LogP contribution in [0.4, 0.5) is 0 Å². The van der Waals surface area contributed by atoms with Crippen molar-refractivity contribution in [1.82, 2.24) is 0 Å². The summed E-state index contributed by atoms with van der Waals surface area (Å²) in [5, 5.41) is 8.43. The highest BCUT2D eigenvalue weighted by Crippen LogP contribution is 2.06. The van der Waals surface area contributed by atoms with Gasteiger partial charge in [0.25, 0.3) is 0 Å². The molecule has 0 saturated carbocycles. The summed E-state index contributed by atoms with van der Waals surface area (Å²) in [5.74, 6) is 15.6. The number of hydrogen-bond acceptors (Lipinski definition) is 1. The first-order chi connectivity index (χ1) is 8.27. The lowest BCUT2D eigenvalue weighted by Gasteiger charge is -1.96. The standard InChI is InChI=1S/C15H18O2/c1-2-3-4-5-6-7-8-9-10-11-12-13-14-15(16)17/h8-14H2,1H3,(H,16,17). The van der Waals surface area contributed by atoms with Crippen molar-refractivity contribution in [2.45, 2.75) is 51.9 Å². The molecule has 0 bridgehead atoms. The van der Waals surface area contributed by atoms with Crippen LogP contribution in [-0.4, -0.2) is 11.1 Å². The van der Waals surface area contributed by atoms with E-state index in [9.17, 15) is 4.79 Å². The molecule has 0 rings (SSSR count). The van der Waals surface area contributed by atoms with E-state index in [1.165, 1.54) is 0 Å². The number of rotatable bonds is 7. The fourth-order valence-electron chi connectivity index (χ4n) is 1.25. The molecule has 0 radical (unpaired) electrons. The minimum atomic E-state index is -0.704. The van der Waals surface area contributed by atoms with Gasteiger partial charge in [-0.15, -0.1) is 0 Å². The van der Waals surface area contributed by atoms with Gasteiger partial charge in [0, 0.05) is 12.8 Å². The highest BCUT2D eigenvalue weighted by molar-refractivity contribution is 5.66. The molecule has 0 spiro atoms. The van der Waals surface area contributed by atoms with E-state index in [0.29, 0.717) is 0 Å². The van der Waals surface area contributed by atoms with E-state index in [-0.39, 0.29) is 6.42 Å². The van der Waals surface area contributed by atoms with E-state index < -0.39 is 5.97 Å². The van der Waals surface area contributed by atoms with Gasteiger partial charge in [0.15, 0.2) is 0 Å². The lowest BCUT2D eigenvalue weighted by molar-refractivity contribution is -0.137. The van der Waals surface area contributed by atoms with Crippen molar-refractivity contribution in [3.63, 3.8) is 0 Å². The van der Waals surface area contributed by atoms with Gasteiger partial charge < -0.3 is 5.11 Å². The monoisotopic (exact) mass is 230 g/mol. The van der Waals surface area contributed by atoms with Crippen LogP contribution in [0.15, 0.2) is 0 Å². The van der Waals surface area contributed by atoms with Gasteiger partial charge in [-0.25, -0.2) is 0 Å². The maximum Gasteiger partial charge on any atom is 0.303 e. The minimum absolute atomic E-state index is 0.286. The molecule has 0 amide bonds. The van der Waals surface area contributed by atoms with Crippen molar-refractivity contribution < 1.29 is 9.90 Å². The molecule has 0 aromatic rings. The van der Waals surface area contributed by atoms with Crippen molar-refractivity contribution in [1.29, 1.82) is 0 Å². The molecule has 0 aliphatic heterocycles. The topological polar surface area (TPSA) is 37.3 Å². The number of aliphatic carboxylic acids is 1. The summed E-state index contributed by atoms with van der Waals surface area (Å²) in [6.45, 7) is 1.74. The zero-order valence-corrected chi connectivity index (χ0v) is 10.3. The average Bonchev–Trinajstić information content (AvgIpc) is 2.30. The largest absolute Gasteiger partial charge is 0.481 e. The Bertz CT molecular complexity index is 388. The van der Waals surface area contributed by atoms with Crippen molar-refractivity contribution >= 4 is 5.97 Å². The number of hydrogen-bond donors (Lipinski definition) is 1. The zero-order valence-electron chi connectivity index (χ0n) is 10.3. The van der Waals surface area contributed by atoms with Gasteiger partial charge >= 0.3 is 5.97 Å². The van der Waals surface area contributed by atoms with E-state index in [2.05, 4.69) is 35.5 Å². The highest BCUT2D eigenvalue weighted by atomic mass is 16.4. The molecule has 0 aliphatic rings. The molecular formula is C15H18O2. The summed E-state index contributed by atoms with van der Waals surface area (Å²) >= 11 is 0. The Morgan fingerprint density at radius 3 is 2.29 bits per heavy atom. The Labute approximate surface area is 104 Å². The van der Waals surface area contributed by atoms with Gasteiger partial charge in [0.05, 0.1) is 0 Å². The molecule has 0 aliphatic carbocycles. The van der Waals surface area contributed by atoms with E-state index in [4.69, 9.17) is 5.11 Å². The van der Waals surface area contributed by atoms with Gasteiger partial charge in [-0.3, -0.25) is 4.79 Å². The molecule has 2 heteroatoms. The molecule has 1 N–H and O–H groups in total. The van der Waals surface area contributed by atoms with Gasteiger partial charge in [-0.1, -0.05) is 31.1 Å². The predicted molar refractivity (Wildman–Crippen MR) is 69.0 cm³/mol. The van der Waals surface area contributed by atoms with Crippen LogP contribution in [0, 0.1) is 35.5 Å². The quantitative estimate of drug-likeness (QED) is 0.539. The molecule has 17 heavy (non-hydrogen) atoms. The van der Waals surface area contributed by atoms with Crippen LogP contribution < -0.4 is 0 Å². The molecule has 0 heterocycles. The summed E-state index contributed by atoms with van der Waals surface area (Å²) in [7, 11) is 0. The number of carboxylic acid groups (broad SMARTS) is 1. The van der Waals surface area contributed by atoms with Crippen LogP contribution in [0.1, 0.15) is 51.9 Å². The Morgan fingerprint density at radius 2 is 1.59 bits per heavy atom. The number of carbonyl (C=O) groups is 1. The average molecular weight is 230 g/mol. The van der Waals surface area contributed by atoms with E-state index >= 15 is 0 Å². The van der Waals surface area contributed by atoms with Crippen LogP contribution in [0.2, 0.25) is 0 Å². The van der Waals surface area contributed by atoms with Gasteiger partial charge in [0.1, 0.15) is 0 Å². The first-order valence-corrected chi connectivity index (χ1v) is 5.88. The van der Waals surface area contributed by atoms with Crippen LogP contribution in [0.25, 0.3) is 0 Å². The fraction of sp³-hybridized carbons (Fsp3) is 0.533. The second kappa shape index (κ2) is 12.2. The molecule has 0 aromatic carbocycles. The van der Waals surface area contributed by atoms with Gasteiger partial charge in [0.2, 0.25) is 0 Å². The lowest BCUT2D eigenvalue weighted by atomic mass is 10.1. The third kappa shape index (κ3) is 14.2. The SMILES string of the molecule is CC#CC#CC#CCCCCCCCC(=O)O.